The van der Waals surface area contributed by atoms with Gasteiger partial charge < -0.3 is 15.0 Å². The van der Waals surface area contributed by atoms with E-state index in [0.717, 1.165) is 27.0 Å². The Labute approximate surface area is 168 Å². The lowest BCUT2D eigenvalue weighted by Gasteiger charge is -2.19. The van der Waals surface area contributed by atoms with Crippen LogP contribution in [0.1, 0.15) is 33.6 Å². The molecule has 2 aromatic rings. The molecule has 0 aliphatic rings. The summed E-state index contributed by atoms with van der Waals surface area (Å²) >= 11 is 3.33. The minimum Gasteiger partial charge on any atom is -0.496 e. The summed E-state index contributed by atoms with van der Waals surface area (Å²) in [6.45, 7) is 4.54. The zero-order valence-corrected chi connectivity index (χ0v) is 17.6. The fourth-order valence-electron chi connectivity index (χ4n) is 2.72. The third-order valence-corrected chi connectivity index (χ3v) is 4.82. The van der Waals surface area contributed by atoms with E-state index in [1.54, 1.807) is 49.5 Å². The van der Waals surface area contributed by atoms with Crippen LogP contribution in [0.2, 0.25) is 0 Å². The fraction of sp³-hybridized carbons (Fsp3) is 0.350. The summed E-state index contributed by atoms with van der Waals surface area (Å²) in [6.07, 6.45) is 1.97. The average molecular weight is 434 g/mol. The number of pyridine rings is 1. The van der Waals surface area contributed by atoms with Crippen LogP contribution in [0.3, 0.4) is 0 Å². The number of nitrogens with one attached hydrogen (secondary N) is 1. The van der Waals surface area contributed by atoms with E-state index < -0.39 is 0 Å². The Bertz CT molecular complexity index is 822. The standard InChI is InChI=1S/C20H24BrN3O3/c1-13-11-23-17(14(2)19(13)27-4)12-24(3)18(25)9-10-22-20(26)15-5-7-16(21)8-6-15/h5-8,11H,9-10,12H2,1-4H3,(H,22,26). The highest BCUT2D eigenvalue weighted by Gasteiger charge is 2.15. The second-order valence-electron chi connectivity index (χ2n) is 6.31. The summed E-state index contributed by atoms with van der Waals surface area (Å²) in [5.41, 5.74) is 3.25. The Kier molecular flexibility index (Phi) is 7.36. The second kappa shape index (κ2) is 9.50. The topological polar surface area (TPSA) is 71.5 Å². The second-order valence-corrected chi connectivity index (χ2v) is 7.22. The van der Waals surface area contributed by atoms with Gasteiger partial charge >= 0.3 is 0 Å². The summed E-state index contributed by atoms with van der Waals surface area (Å²) in [5.74, 6) is 0.535. The summed E-state index contributed by atoms with van der Waals surface area (Å²) in [4.78, 5) is 30.4. The molecule has 0 spiro atoms. The van der Waals surface area contributed by atoms with E-state index in [-0.39, 0.29) is 24.8 Å². The number of nitrogens with zero attached hydrogens (tertiary/aromatic N) is 2. The Balaban J connectivity index is 1.87. The number of halogens is 1. The molecule has 1 aromatic carbocycles. The number of benzene rings is 1. The smallest absolute Gasteiger partial charge is 0.251 e. The number of hydrogen-bond acceptors (Lipinski definition) is 4. The molecule has 6 nitrogen and oxygen atoms in total. The molecule has 0 fully saturated rings. The minimum atomic E-state index is -0.196. The van der Waals surface area contributed by atoms with Crippen LogP contribution in [0.4, 0.5) is 0 Å². The number of aromatic nitrogens is 1. The van der Waals surface area contributed by atoms with E-state index in [9.17, 15) is 9.59 Å². The number of carbonyl (C=O) groups is 2. The lowest BCUT2D eigenvalue weighted by molar-refractivity contribution is -0.130. The number of amides is 2. The fourth-order valence-corrected chi connectivity index (χ4v) is 2.98. The maximum atomic E-state index is 12.4. The van der Waals surface area contributed by atoms with Crippen LogP contribution >= 0.6 is 15.9 Å². The first kappa shape index (κ1) is 20.9. The molecule has 7 heteroatoms. The van der Waals surface area contributed by atoms with Crippen molar-refractivity contribution in [3.05, 3.63) is 57.3 Å². The van der Waals surface area contributed by atoms with Gasteiger partial charge in [-0.3, -0.25) is 14.6 Å². The predicted molar refractivity (Wildman–Crippen MR) is 108 cm³/mol. The molecule has 2 rings (SSSR count). The Morgan fingerprint density at radius 1 is 1.22 bits per heavy atom. The normalized spacial score (nSPS) is 10.4. The molecule has 2 amide bonds. The molecule has 0 atom stereocenters. The van der Waals surface area contributed by atoms with E-state index in [4.69, 9.17) is 4.74 Å². The highest BCUT2D eigenvalue weighted by atomic mass is 79.9. The molecule has 0 aliphatic carbocycles. The average Bonchev–Trinajstić information content (AvgIpc) is 2.64. The molecule has 0 radical (unpaired) electrons. The summed E-state index contributed by atoms with van der Waals surface area (Å²) in [7, 11) is 3.36. The molecule has 1 N–H and O–H groups in total. The van der Waals surface area contributed by atoms with Crippen molar-refractivity contribution in [3.8, 4) is 5.75 Å². The lowest BCUT2D eigenvalue weighted by Crippen LogP contribution is -2.32. The first-order valence-electron chi connectivity index (χ1n) is 8.60. The van der Waals surface area contributed by atoms with Crippen molar-refractivity contribution in [1.29, 1.82) is 0 Å². The Morgan fingerprint density at radius 2 is 1.89 bits per heavy atom. The summed E-state index contributed by atoms with van der Waals surface area (Å²) in [6, 6.07) is 7.07. The molecule has 27 heavy (non-hydrogen) atoms. The van der Waals surface area contributed by atoms with Gasteiger partial charge in [0.2, 0.25) is 5.91 Å². The van der Waals surface area contributed by atoms with Crippen LogP contribution in [0.25, 0.3) is 0 Å². The SMILES string of the molecule is COc1c(C)cnc(CN(C)C(=O)CCNC(=O)c2ccc(Br)cc2)c1C. The first-order valence-corrected chi connectivity index (χ1v) is 9.39. The highest BCUT2D eigenvalue weighted by Crippen LogP contribution is 2.24. The van der Waals surface area contributed by atoms with Crippen LogP contribution in [-0.2, 0) is 11.3 Å². The quantitative estimate of drug-likeness (QED) is 0.727. The number of carbonyl (C=O) groups excluding carboxylic acids is 2. The third kappa shape index (κ3) is 5.53. The van der Waals surface area contributed by atoms with Gasteiger partial charge in [0.15, 0.2) is 0 Å². The molecule has 0 unspecified atom stereocenters. The maximum absolute atomic E-state index is 12.4. The minimum absolute atomic E-state index is 0.0631. The van der Waals surface area contributed by atoms with Crippen LogP contribution in [0, 0.1) is 13.8 Å². The molecule has 1 heterocycles. The molecule has 0 aliphatic heterocycles. The maximum Gasteiger partial charge on any atom is 0.251 e. The number of methoxy groups -OCH3 is 1. The van der Waals surface area contributed by atoms with Crippen LogP contribution < -0.4 is 10.1 Å². The predicted octanol–water partition coefficient (Wildman–Crippen LogP) is 3.25. The Hall–Kier alpha value is -2.41. The van der Waals surface area contributed by atoms with E-state index in [1.165, 1.54) is 0 Å². The molecule has 1 aromatic heterocycles. The third-order valence-electron chi connectivity index (χ3n) is 4.29. The van der Waals surface area contributed by atoms with Crippen molar-refractivity contribution >= 4 is 27.7 Å². The molecule has 144 valence electrons. The van der Waals surface area contributed by atoms with Gasteiger partial charge in [0.1, 0.15) is 5.75 Å². The zero-order chi connectivity index (χ0) is 20.0. The van der Waals surface area contributed by atoms with Crippen LogP contribution in [-0.4, -0.2) is 42.4 Å². The van der Waals surface area contributed by atoms with E-state index in [2.05, 4.69) is 26.2 Å². The van der Waals surface area contributed by atoms with Gasteiger partial charge in [0.25, 0.3) is 5.91 Å². The van der Waals surface area contributed by atoms with Gasteiger partial charge in [-0.2, -0.15) is 0 Å². The molecular weight excluding hydrogens is 410 g/mol. The van der Waals surface area contributed by atoms with Gasteiger partial charge in [-0.25, -0.2) is 0 Å². The van der Waals surface area contributed by atoms with Crippen molar-refractivity contribution in [1.82, 2.24) is 15.2 Å². The van der Waals surface area contributed by atoms with Crippen molar-refractivity contribution in [2.75, 3.05) is 20.7 Å². The molecule has 0 bridgehead atoms. The van der Waals surface area contributed by atoms with Crippen molar-refractivity contribution in [2.24, 2.45) is 0 Å². The Morgan fingerprint density at radius 3 is 2.52 bits per heavy atom. The van der Waals surface area contributed by atoms with Crippen molar-refractivity contribution in [3.63, 3.8) is 0 Å². The summed E-state index contributed by atoms with van der Waals surface area (Å²) in [5, 5.41) is 2.77. The number of ether oxygens (including phenoxy) is 1. The van der Waals surface area contributed by atoms with Gasteiger partial charge in [-0.1, -0.05) is 15.9 Å². The lowest BCUT2D eigenvalue weighted by atomic mass is 10.1. The first-order chi connectivity index (χ1) is 12.8. The van der Waals surface area contributed by atoms with E-state index in [0.29, 0.717) is 12.1 Å². The van der Waals surface area contributed by atoms with Gasteiger partial charge in [-0.05, 0) is 38.1 Å². The number of aryl methyl sites for hydroxylation is 1. The van der Waals surface area contributed by atoms with Crippen molar-refractivity contribution < 1.29 is 14.3 Å². The largest absolute Gasteiger partial charge is 0.496 e. The molecule has 0 saturated heterocycles. The van der Waals surface area contributed by atoms with E-state index in [1.807, 2.05) is 13.8 Å². The van der Waals surface area contributed by atoms with Gasteiger partial charge in [0.05, 0.1) is 19.3 Å². The molecule has 0 saturated carbocycles. The highest BCUT2D eigenvalue weighted by molar-refractivity contribution is 9.10. The van der Waals surface area contributed by atoms with E-state index >= 15 is 0 Å². The van der Waals surface area contributed by atoms with Crippen molar-refractivity contribution in [2.45, 2.75) is 26.8 Å². The van der Waals surface area contributed by atoms with Crippen LogP contribution in [0.5, 0.6) is 5.75 Å². The van der Waals surface area contributed by atoms with Crippen LogP contribution in [0.15, 0.2) is 34.9 Å². The number of hydrogen-bond donors (Lipinski definition) is 1. The zero-order valence-electron chi connectivity index (χ0n) is 16.0. The number of rotatable bonds is 7. The summed E-state index contributed by atoms with van der Waals surface area (Å²) < 4.78 is 6.31. The van der Waals surface area contributed by atoms with Gasteiger partial charge in [0, 0.05) is 47.4 Å². The van der Waals surface area contributed by atoms with Gasteiger partial charge in [-0.15, -0.1) is 0 Å². The molecular formula is C20H24BrN3O3. The monoisotopic (exact) mass is 433 g/mol.